The van der Waals surface area contributed by atoms with Gasteiger partial charge in [0, 0.05) is 19.2 Å². The van der Waals surface area contributed by atoms with Crippen LogP contribution in [0.2, 0.25) is 0 Å². The van der Waals surface area contributed by atoms with Crippen molar-refractivity contribution in [3.63, 3.8) is 0 Å². The summed E-state index contributed by atoms with van der Waals surface area (Å²) in [6, 6.07) is 0. The van der Waals surface area contributed by atoms with Gasteiger partial charge in [-0.1, -0.05) is 20.8 Å². The van der Waals surface area contributed by atoms with Crippen LogP contribution in [0.3, 0.4) is 0 Å². The van der Waals surface area contributed by atoms with E-state index in [0.717, 1.165) is 13.0 Å². The Labute approximate surface area is 112 Å². The highest BCUT2D eigenvalue weighted by molar-refractivity contribution is 7.80. The predicted molar refractivity (Wildman–Crippen MR) is 78.4 cm³/mol. The molecule has 1 atom stereocenters. The van der Waals surface area contributed by atoms with Gasteiger partial charge in [0.25, 0.3) is 0 Å². The first-order chi connectivity index (χ1) is 7.56. The summed E-state index contributed by atoms with van der Waals surface area (Å²) >= 11 is 5.28. The second-order valence-electron chi connectivity index (χ2n) is 6.50. The average molecular weight is 260 g/mol. The third kappa shape index (κ3) is 9.36. The summed E-state index contributed by atoms with van der Waals surface area (Å²) in [5.74, 6) is 0. The smallest absolute Gasteiger partial charge is 0.166 e. The van der Waals surface area contributed by atoms with Crippen LogP contribution in [-0.2, 0) is 4.74 Å². The molecule has 0 fully saturated rings. The van der Waals surface area contributed by atoms with Gasteiger partial charge < -0.3 is 15.4 Å². The van der Waals surface area contributed by atoms with E-state index >= 15 is 0 Å². The van der Waals surface area contributed by atoms with Gasteiger partial charge in [0.05, 0.1) is 6.10 Å². The maximum absolute atomic E-state index is 5.28. The summed E-state index contributed by atoms with van der Waals surface area (Å²) in [5.41, 5.74) is 0.282. The quantitative estimate of drug-likeness (QED) is 0.745. The van der Waals surface area contributed by atoms with Crippen molar-refractivity contribution in [3.8, 4) is 0 Å². The second-order valence-corrected chi connectivity index (χ2v) is 6.91. The molecule has 102 valence electrons. The molecule has 17 heavy (non-hydrogen) atoms. The summed E-state index contributed by atoms with van der Waals surface area (Å²) in [4.78, 5) is 0. The van der Waals surface area contributed by atoms with Crippen molar-refractivity contribution in [2.24, 2.45) is 5.41 Å². The van der Waals surface area contributed by atoms with Gasteiger partial charge in [0.15, 0.2) is 5.11 Å². The zero-order valence-electron chi connectivity index (χ0n) is 12.3. The molecule has 0 aliphatic carbocycles. The maximum atomic E-state index is 5.28. The van der Waals surface area contributed by atoms with Crippen molar-refractivity contribution in [1.29, 1.82) is 0 Å². The van der Waals surface area contributed by atoms with E-state index < -0.39 is 0 Å². The summed E-state index contributed by atoms with van der Waals surface area (Å²) in [5, 5.41) is 7.22. The molecular formula is C13H28N2OS. The van der Waals surface area contributed by atoms with Crippen LogP contribution in [-0.4, -0.2) is 30.4 Å². The average Bonchev–Trinajstić information content (AvgIpc) is 2.09. The minimum absolute atomic E-state index is 0.00135. The number of thiocarbonyl (C=S) groups is 1. The largest absolute Gasteiger partial charge is 0.380 e. The second kappa shape index (κ2) is 6.55. The Bertz CT molecular complexity index is 246. The molecule has 0 spiro atoms. The van der Waals surface area contributed by atoms with Gasteiger partial charge in [0.2, 0.25) is 0 Å². The van der Waals surface area contributed by atoms with E-state index in [2.05, 4.69) is 45.3 Å². The lowest BCUT2D eigenvalue weighted by Crippen LogP contribution is -2.50. The van der Waals surface area contributed by atoms with E-state index in [9.17, 15) is 0 Å². The molecule has 0 heterocycles. The molecule has 3 nitrogen and oxygen atoms in total. The van der Waals surface area contributed by atoms with E-state index in [1.807, 2.05) is 6.92 Å². The molecule has 0 amide bonds. The highest BCUT2D eigenvalue weighted by atomic mass is 32.1. The Morgan fingerprint density at radius 2 is 1.76 bits per heavy atom. The van der Waals surface area contributed by atoms with Crippen LogP contribution in [0.1, 0.15) is 48.0 Å². The van der Waals surface area contributed by atoms with Crippen molar-refractivity contribution < 1.29 is 4.74 Å². The maximum Gasteiger partial charge on any atom is 0.166 e. The number of hydrogen-bond donors (Lipinski definition) is 2. The third-order valence-corrected chi connectivity index (χ3v) is 2.62. The van der Waals surface area contributed by atoms with E-state index in [0.29, 0.717) is 5.11 Å². The Kier molecular flexibility index (Phi) is 6.41. The molecule has 0 aromatic rings. The molecule has 0 rings (SSSR count). The number of hydrogen-bond acceptors (Lipinski definition) is 2. The van der Waals surface area contributed by atoms with Crippen molar-refractivity contribution in [2.45, 2.75) is 59.6 Å². The van der Waals surface area contributed by atoms with Crippen LogP contribution in [0.4, 0.5) is 0 Å². The molecule has 0 bridgehead atoms. The molecule has 0 saturated heterocycles. The van der Waals surface area contributed by atoms with E-state index in [4.69, 9.17) is 17.0 Å². The Morgan fingerprint density at radius 3 is 2.18 bits per heavy atom. The fraction of sp³-hybridized carbons (Fsp3) is 0.923. The highest BCUT2D eigenvalue weighted by Crippen LogP contribution is 2.26. The van der Waals surface area contributed by atoms with Crippen molar-refractivity contribution >= 4 is 17.3 Å². The Hall–Kier alpha value is -0.350. The molecular weight excluding hydrogens is 232 g/mol. The number of methoxy groups -OCH3 is 1. The lowest BCUT2D eigenvalue weighted by atomic mass is 9.82. The lowest BCUT2D eigenvalue weighted by Gasteiger charge is -2.34. The van der Waals surface area contributed by atoms with E-state index in [1.54, 1.807) is 7.11 Å². The summed E-state index contributed by atoms with van der Waals surface area (Å²) in [6.45, 7) is 13.8. The fourth-order valence-electron chi connectivity index (χ4n) is 2.04. The fourth-order valence-corrected chi connectivity index (χ4v) is 2.40. The Morgan fingerprint density at radius 1 is 1.24 bits per heavy atom. The van der Waals surface area contributed by atoms with Gasteiger partial charge in [-0.15, -0.1) is 0 Å². The molecule has 0 aromatic carbocycles. The van der Waals surface area contributed by atoms with Gasteiger partial charge in [-0.2, -0.15) is 0 Å². The summed E-state index contributed by atoms with van der Waals surface area (Å²) in [7, 11) is 1.70. The van der Waals surface area contributed by atoms with E-state index in [1.165, 1.54) is 0 Å². The molecule has 0 aliphatic rings. The van der Waals surface area contributed by atoms with Crippen LogP contribution in [0, 0.1) is 5.41 Å². The minimum atomic E-state index is -0.00135. The third-order valence-electron chi connectivity index (χ3n) is 2.38. The van der Waals surface area contributed by atoms with Gasteiger partial charge in [-0.25, -0.2) is 0 Å². The highest BCUT2D eigenvalue weighted by Gasteiger charge is 2.25. The van der Waals surface area contributed by atoms with Crippen LogP contribution < -0.4 is 10.6 Å². The minimum Gasteiger partial charge on any atom is -0.380 e. The summed E-state index contributed by atoms with van der Waals surface area (Å²) < 4.78 is 5.16. The number of rotatable bonds is 5. The van der Waals surface area contributed by atoms with Crippen molar-refractivity contribution in [2.75, 3.05) is 13.7 Å². The predicted octanol–water partition coefficient (Wildman–Crippen LogP) is 2.70. The SMILES string of the molecule is COC(C)CNC(=S)NC(C)(C)CC(C)(C)C. The Balaban J connectivity index is 4.10. The van der Waals surface area contributed by atoms with Gasteiger partial charge >= 0.3 is 0 Å². The van der Waals surface area contributed by atoms with Crippen molar-refractivity contribution in [1.82, 2.24) is 10.6 Å². The first-order valence-corrected chi connectivity index (χ1v) is 6.55. The zero-order valence-corrected chi connectivity index (χ0v) is 13.1. The van der Waals surface area contributed by atoms with Gasteiger partial charge in [0.1, 0.15) is 0 Å². The van der Waals surface area contributed by atoms with Crippen LogP contribution in [0.25, 0.3) is 0 Å². The zero-order chi connectivity index (χ0) is 13.7. The van der Waals surface area contributed by atoms with Crippen LogP contribution >= 0.6 is 12.2 Å². The summed E-state index contributed by atoms with van der Waals surface area (Å²) in [6.07, 6.45) is 1.22. The van der Waals surface area contributed by atoms with Crippen molar-refractivity contribution in [3.05, 3.63) is 0 Å². The number of ether oxygens (including phenoxy) is 1. The molecule has 0 radical (unpaired) electrons. The molecule has 1 unspecified atom stereocenters. The standard InChI is InChI=1S/C13H28N2OS/c1-10(16-7)8-14-11(17)15-13(5,6)9-12(2,3)4/h10H,8-9H2,1-7H3,(H2,14,15,17). The molecule has 0 aliphatic heterocycles. The monoisotopic (exact) mass is 260 g/mol. The first-order valence-electron chi connectivity index (χ1n) is 6.14. The molecule has 4 heteroatoms. The normalized spacial score (nSPS) is 14.3. The van der Waals surface area contributed by atoms with Crippen LogP contribution in [0.15, 0.2) is 0 Å². The van der Waals surface area contributed by atoms with Gasteiger partial charge in [-0.3, -0.25) is 0 Å². The number of nitrogens with one attached hydrogen (secondary N) is 2. The first kappa shape index (κ1) is 16.6. The van der Waals surface area contributed by atoms with E-state index in [-0.39, 0.29) is 17.1 Å². The lowest BCUT2D eigenvalue weighted by molar-refractivity contribution is 0.121. The van der Waals surface area contributed by atoms with Gasteiger partial charge in [-0.05, 0) is 44.8 Å². The van der Waals surface area contributed by atoms with Crippen LogP contribution in [0.5, 0.6) is 0 Å². The molecule has 0 saturated carbocycles. The molecule has 2 N–H and O–H groups in total. The molecule has 0 aromatic heterocycles. The topological polar surface area (TPSA) is 33.3 Å².